The molecule has 0 amide bonds. The number of hydrogen-bond acceptors (Lipinski definition) is 1. The Morgan fingerprint density at radius 1 is 1.22 bits per heavy atom. The third kappa shape index (κ3) is 3.58. The van der Waals surface area contributed by atoms with Crippen molar-refractivity contribution in [3.8, 4) is 0 Å². The van der Waals surface area contributed by atoms with E-state index in [0.29, 0.717) is 6.04 Å². The Bertz CT molecular complexity index is 348. The third-order valence-electron chi connectivity index (χ3n) is 4.20. The Hall–Kier alpha value is -0.820. The van der Waals surface area contributed by atoms with Crippen molar-refractivity contribution >= 4 is 0 Å². The van der Waals surface area contributed by atoms with Crippen molar-refractivity contribution in [2.24, 2.45) is 0 Å². The molecule has 1 N–H and O–H groups in total. The van der Waals surface area contributed by atoms with Crippen LogP contribution in [-0.4, -0.2) is 12.1 Å². The summed E-state index contributed by atoms with van der Waals surface area (Å²) in [6.45, 7) is 6.75. The summed E-state index contributed by atoms with van der Waals surface area (Å²) in [6, 6.07) is 10.5. The number of hydrogen-bond donors (Lipinski definition) is 1. The van der Waals surface area contributed by atoms with Crippen LogP contribution < -0.4 is 5.32 Å². The van der Waals surface area contributed by atoms with Crippen molar-refractivity contribution in [2.45, 2.75) is 70.9 Å². The molecule has 1 saturated carbocycles. The summed E-state index contributed by atoms with van der Waals surface area (Å²) in [7, 11) is 0. The average Bonchev–Trinajstić information content (AvgIpc) is 2.32. The highest BCUT2D eigenvalue weighted by Crippen LogP contribution is 2.37. The number of benzene rings is 1. The minimum absolute atomic E-state index is 0.689. The highest BCUT2D eigenvalue weighted by atomic mass is 15.0. The summed E-state index contributed by atoms with van der Waals surface area (Å²) in [4.78, 5) is 0. The molecular weight excluding hydrogens is 218 g/mol. The Morgan fingerprint density at radius 3 is 2.50 bits per heavy atom. The van der Waals surface area contributed by atoms with E-state index in [9.17, 15) is 0 Å². The van der Waals surface area contributed by atoms with Gasteiger partial charge in [-0.1, -0.05) is 49.6 Å². The van der Waals surface area contributed by atoms with Crippen molar-refractivity contribution in [2.75, 3.05) is 0 Å². The summed E-state index contributed by atoms with van der Waals surface area (Å²) >= 11 is 0. The summed E-state index contributed by atoms with van der Waals surface area (Å²) in [5.74, 6) is 0.793. The van der Waals surface area contributed by atoms with Gasteiger partial charge in [-0.25, -0.2) is 0 Å². The van der Waals surface area contributed by atoms with Gasteiger partial charge < -0.3 is 5.32 Å². The van der Waals surface area contributed by atoms with Gasteiger partial charge in [0.1, 0.15) is 0 Å². The second-order valence-corrected chi connectivity index (χ2v) is 5.99. The van der Waals surface area contributed by atoms with Crippen molar-refractivity contribution in [1.82, 2.24) is 5.32 Å². The largest absolute Gasteiger partial charge is 0.311 e. The Morgan fingerprint density at radius 2 is 1.89 bits per heavy atom. The fourth-order valence-electron chi connectivity index (χ4n) is 2.86. The first-order valence-electron chi connectivity index (χ1n) is 7.51. The van der Waals surface area contributed by atoms with Gasteiger partial charge in [-0.15, -0.1) is 0 Å². The van der Waals surface area contributed by atoms with Gasteiger partial charge in [-0.3, -0.25) is 0 Å². The molecule has 1 aliphatic rings. The van der Waals surface area contributed by atoms with Gasteiger partial charge in [0.05, 0.1) is 0 Å². The van der Waals surface area contributed by atoms with Crippen LogP contribution in [0.3, 0.4) is 0 Å². The standard InChI is InChI=1S/C17H27N/c1-4-5-6-14(3)18-17-11-16(12-17)15-9-7-13(2)8-10-15/h7-10,14,16-18H,4-6,11-12H2,1-3H3. The number of unbranched alkanes of at least 4 members (excludes halogenated alkanes) is 1. The van der Waals surface area contributed by atoms with E-state index in [1.54, 1.807) is 0 Å². The number of nitrogens with one attached hydrogen (secondary N) is 1. The maximum Gasteiger partial charge on any atom is 0.00812 e. The molecular formula is C17H27N. The van der Waals surface area contributed by atoms with Gasteiger partial charge in [-0.2, -0.15) is 0 Å². The van der Waals surface area contributed by atoms with Crippen LogP contribution in [0.2, 0.25) is 0 Å². The van der Waals surface area contributed by atoms with Crippen LogP contribution in [0.15, 0.2) is 24.3 Å². The minimum Gasteiger partial charge on any atom is -0.311 e. The van der Waals surface area contributed by atoms with Gasteiger partial charge in [0.25, 0.3) is 0 Å². The van der Waals surface area contributed by atoms with E-state index in [1.807, 2.05) is 0 Å². The van der Waals surface area contributed by atoms with Crippen LogP contribution in [0.1, 0.15) is 63.0 Å². The predicted octanol–water partition coefficient (Wildman–Crippen LogP) is 4.41. The number of aryl methyl sites for hydroxylation is 1. The average molecular weight is 245 g/mol. The zero-order valence-electron chi connectivity index (χ0n) is 12.1. The quantitative estimate of drug-likeness (QED) is 0.783. The molecule has 1 aromatic carbocycles. The zero-order valence-corrected chi connectivity index (χ0v) is 12.1. The Kier molecular flexibility index (Phi) is 4.82. The van der Waals surface area contributed by atoms with Crippen LogP contribution in [0.5, 0.6) is 0 Å². The molecule has 0 aliphatic heterocycles. The van der Waals surface area contributed by atoms with Crippen molar-refractivity contribution < 1.29 is 0 Å². The molecule has 2 rings (SSSR count). The van der Waals surface area contributed by atoms with Crippen molar-refractivity contribution in [3.63, 3.8) is 0 Å². The van der Waals surface area contributed by atoms with Crippen molar-refractivity contribution in [3.05, 3.63) is 35.4 Å². The first kappa shape index (κ1) is 13.6. The van der Waals surface area contributed by atoms with Gasteiger partial charge in [0, 0.05) is 12.1 Å². The first-order valence-corrected chi connectivity index (χ1v) is 7.51. The summed E-state index contributed by atoms with van der Waals surface area (Å²) in [5.41, 5.74) is 2.89. The van der Waals surface area contributed by atoms with Crippen LogP contribution in [0.4, 0.5) is 0 Å². The van der Waals surface area contributed by atoms with Crippen LogP contribution >= 0.6 is 0 Å². The fraction of sp³-hybridized carbons (Fsp3) is 0.647. The fourth-order valence-corrected chi connectivity index (χ4v) is 2.86. The SMILES string of the molecule is CCCCC(C)NC1CC(c2ccc(C)cc2)C1. The molecule has 0 aromatic heterocycles. The summed E-state index contributed by atoms with van der Waals surface area (Å²) in [6.07, 6.45) is 6.62. The van der Waals surface area contributed by atoms with E-state index in [2.05, 4.69) is 50.4 Å². The molecule has 0 heterocycles. The Balaban J connectivity index is 1.72. The molecule has 1 aliphatic carbocycles. The van der Waals surface area contributed by atoms with Crippen molar-refractivity contribution in [1.29, 1.82) is 0 Å². The lowest BCUT2D eigenvalue weighted by atomic mass is 9.75. The first-order chi connectivity index (χ1) is 8.69. The molecule has 0 saturated heterocycles. The molecule has 0 bridgehead atoms. The van der Waals surface area contributed by atoms with E-state index in [0.717, 1.165) is 12.0 Å². The molecule has 0 radical (unpaired) electrons. The molecule has 1 nitrogen and oxygen atoms in total. The molecule has 1 heteroatoms. The smallest absolute Gasteiger partial charge is 0.00812 e. The van der Waals surface area contributed by atoms with Gasteiger partial charge in [0.15, 0.2) is 0 Å². The van der Waals surface area contributed by atoms with Crippen LogP contribution in [0, 0.1) is 6.92 Å². The third-order valence-corrected chi connectivity index (χ3v) is 4.20. The lowest BCUT2D eigenvalue weighted by Gasteiger charge is -2.38. The second kappa shape index (κ2) is 6.38. The van der Waals surface area contributed by atoms with Gasteiger partial charge in [0.2, 0.25) is 0 Å². The van der Waals surface area contributed by atoms with Crippen LogP contribution in [-0.2, 0) is 0 Å². The minimum atomic E-state index is 0.689. The van der Waals surface area contributed by atoms with E-state index in [1.165, 1.54) is 43.2 Å². The molecule has 1 atom stereocenters. The van der Waals surface area contributed by atoms with Gasteiger partial charge in [-0.05, 0) is 44.6 Å². The Labute approximate surface area is 112 Å². The van der Waals surface area contributed by atoms with E-state index in [-0.39, 0.29) is 0 Å². The summed E-state index contributed by atoms with van der Waals surface area (Å²) in [5, 5.41) is 3.76. The molecule has 100 valence electrons. The maximum atomic E-state index is 3.76. The summed E-state index contributed by atoms with van der Waals surface area (Å²) < 4.78 is 0. The monoisotopic (exact) mass is 245 g/mol. The molecule has 18 heavy (non-hydrogen) atoms. The van der Waals surface area contributed by atoms with Crippen LogP contribution in [0.25, 0.3) is 0 Å². The predicted molar refractivity (Wildman–Crippen MR) is 79.1 cm³/mol. The highest BCUT2D eigenvalue weighted by Gasteiger charge is 2.30. The molecule has 1 fully saturated rings. The number of rotatable bonds is 6. The maximum absolute atomic E-state index is 3.76. The lowest BCUT2D eigenvalue weighted by Crippen LogP contribution is -2.44. The molecule has 0 spiro atoms. The zero-order chi connectivity index (χ0) is 13.0. The van der Waals surface area contributed by atoms with E-state index < -0.39 is 0 Å². The highest BCUT2D eigenvalue weighted by molar-refractivity contribution is 5.26. The van der Waals surface area contributed by atoms with Gasteiger partial charge >= 0.3 is 0 Å². The topological polar surface area (TPSA) is 12.0 Å². The van der Waals surface area contributed by atoms with E-state index >= 15 is 0 Å². The molecule has 1 unspecified atom stereocenters. The normalized spacial score (nSPS) is 24.6. The van der Waals surface area contributed by atoms with E-state index in [4.69, 9.17) is 0 Å². The lowest BCUT2D eigenvalue weighted by molar-refractivity contribution is 0.263. The molecule has 1 aromatic rings. The second-order valence-electron chi connectivity index (χ2n) is 5.99.